The highest BCUT2D eigenvalue weighted by molar-refractivity contribution is 7.89. The molecular formula is C23H24F3N7O3S2. The molecule has 38 heavy (non-hydrogen) atoms. The SMILES string of the molecule is O=S(=O)(NC1(CF)CC1)c1cc(N2CCC3(CC2)COC3)c2c(c1)n(-c1nnc(C(F)F)s1)c1nccn21. The van der Waals surface area contributed by atoms with E-state index >= 15 is 0 Å². The van der Waals surface area contributed by atoms with E-state index in [4.69, 9.17) is 4.74 Å². The maximum atomic E-state index is 13.6. The zero-order valence-corrected chi connectivity index (χ0v) is 21.7. The van der Waals surface area contributed by atoms with Gasteiger partial charge in [0, 0.05) is 30.9 Å². The number of alkyl halides is 3. The second kappa shape index (κ2) is 8.37. The Kier molecular flexibility index (Phi) is 5.35. The van der Waals surface area contributed by atoms with Gasteiger partial charge in [-0.3, -0.25) is 8.97 Å². The van der Waals surface area contributed by atoms with Crippen LogP contribution in [0.5, 0.6) is 0 Å². The molecule has 4 aromatic rings. The molecule has 5 heterocycles. The van der Waals surface area contributed by atoms with E-state index in [1.165, 1.54) is 6.07 Å². The summed E-state index contributed by atoms with van der Waals surface area (Å²) in [6.45, 7) is 2.05. The van der Waals surface area contributed by atoms with E-state index in [1.54, 1.807) is 27.4 Å². The summed E-state index contributed by atoms with van der Waals surface area (Å²) >= 11 is 0.716. The minimum absolute atomic E-state index is 0.0346. The Bertz CT molecular complexity index is 1650. The van der Waals surface area contributed by atoms with Crippen LogP contribution in [0.4, 0.5) is 18.9 Å². The lowest BCUT2D eigenvalue weighted by Crippen LogP contribution is -2.51. The van der Waals surface area contributed by atoms with Crippen LogP contribution in [-0.2, 0) is 14.8 Å². The fourth-order valence-corrected chi connectivity index (χ4v) is 7.58. The van der Waals surface area contributed by atoms with Crippen molar-refractivity contribution < 1.29 is 26.3 Å². The molecule has 0 bridgehead atoms. The van der Waals surface area contributed by atoms with Gasteiger partial charge < -0.3 is 9.64 Å². The summed E-state index contributed by atoms with van der Waals surface area (Å²) in [5.41, 5.74) is 0.869. The average Bonchev–Trinajstić information content (AvgIpc) is 3.22. The van der Waals surface area contributed by atoms with Crippen LogP contribution in [0.2, 0.25) is 0 Å². The number of rotatable bonds is 7. The third-order valence-corrected chi connectivity index (χ3v) is 10.4. The normalized spacial score (nSPS) is 20.6. The number of halogens is 3. The van der Waals surface area contributed by atoms with Gasteiger partial charge in [0.05, 0.1) is 40.4 Å². The molecule has 2 aliphatic heterocycles. The first kappa shape index (κ1) is 24.3. The summed E-state index contributed by atoms with van der Waals surface area (Å²) in [5, 5.41) is 7.29. The molecule has 1 spiro atoms. The Hall–Kier alpha value is -2.75. The van der Waals surface area contributed by atoms with Crippen LogP contribution < -0.4 is 9.62 Å². The van der Waals surface area contributed by atoms with Gasteiger partial charge in [-0.15, -0.1) is 10.2 Å². The fraction of sp³-hybridized carbons (Fsp3) is 0.522. The minimum atomic E-state index is -4.10. The Balaban J connectivity index is 1.43. The quantitative estimate of drug-likeness (QED) is 0.365. The molecule has 0 amide bonds. The van der Waals surface area contributed by atoms with Crippen molar-refractivity contribution in [1.29, 1.82) is 0 Å². The van der Waals surface area contributed by atoms with Gasteiger partial charge in [-0.25, -0.2) is 31.3 Å². The van der Waals surface area contributed by atoms with Gasteiger partial charge in [0.25, 0.3) is 6.43 Å². The molecule has 1 aliphatic carbocycles. The lowest BCUT2D eigenvalue weighted by Gasteiger charge is -2.47. The monoisotopic (exact) mass is 567 g/mol. The summed E-state index contributed by atoms with van der Waals surface area (Å²) in [5.74, 6) is 0.393. The van der Waals surface area contributed by atoms with Crippen molar-refractivity contribution in [2.45, 2.75) is 42.5 Å². The van der Waals surface area contributed by atoms with Gasteiger partial charge in [-0.1, -0.05) is 11.3 Å². The molecule has 1 saturated carbocycles. The van der Waals surface area contributed by atoms with Crippen molar-refractivity contribution >= 4 is 43.9 Å². The van der Waals surface area contributed by atoms with Crippen molar-refractivity contribution in [3.05, 3.63) is 29.5 Å². The number of ether oxygens (including phenoxy) is 1. The van der Waals surface area contributed by atoms with E-state index in [2.05, 4.69) is 24.8 Å². The highest BCUT2D eigenvalue weighted by Crippen LogP contribution is 2.43. The molecular weight excluding hydrogens is 543 g/mol. The number of fused-ring (bicyclic) bond motifs is 3. The second-order valence-corrected chi connectivity index (χ2v) is 13.1. The van der Waals surface area contributed by atoms with Crippen LogP contribution in [-0.4, -0.2) is 71.1 Å². The van der Waals surface area contributed by atoms with Gasteiger partial charge >= 0.3 is 0 Å². The Morgan fingerprint density at radius 3 is 2.50 bits per heavy atom. The number of benzene rings is 1. The first-order chi connectivity index (χ1) is 18.2. The number of imidazole rings is 2. The van der Waals surface area contributed by atoms with Crippen LogP contribution >= 0.6 is 11.3 Å². The van der Waals surface area contributed by atoms with Crippen LogP contribution in [0.25, 0.3) is 21.9 Å². The highest BCUT2D eigenvalue weighted by atomic mass is 32.2. The van der Waals surface area contributed by atoms with Gasteiger partial charge in [-0.2, -0.15) is 0 Å². The predicted molar refractivity (Wildman–Crippen MR) is 133 cm³/mol. The Labute approximate surface area is 219 Å². The number of hydrogen-bond donors (Lipinski definition) is 1. The van der Waals surface area contributed by atoms with E-state index in [0.717, 1.165) is 26.1 Å². The van der Waals surface area contributed by atoms with Crippen molar-refractivity contribution in [1.82, 2.24) is 28.9 Å². The smallest absolute Gasteiger partial charge is 0.291 e. The first-order valence-corrected chi connectivity index (χ1v) is 14.6. The number of nitrogens with zero attached hydrogens (tertiary/aromatic N) is 6. The molecule has 202 valence electrons. The van der Waals surface area contributed by atoms with Crippen LogP contribution in [0, 0.1) is 5.41 Å². The molecule has 2 saturated heterocycles. The lowest BCUT2D eigenvalue weighted by molar-refractivity contribution is -0.124. The van der Waals surface area contributed by atoms with E-state index in [0.29, 0.717) is 59.8 Å². The summed E-state index contributed by atoms with van der Waals surface area (Å²) in [7, 11) is -4.10. The third kappa shape index (κ3) is 3.73. The number of hydrogen-bond acceptors (Lipinski definition) is 8. The van der Waals surface area contributed by atoms with Crippen LogP contribution in [0.3, 0.4) is 0 Å². The van der Waals surface area contributed by atoms with Crippen molar-refractivity contribution in [3.63, 3.8) is 0 Å². The Morgan fingerprint density at radius 1 is 1.13 bits per heavy atom. The third-order valence-electron chi connectivity index (χ3n) is 7.91. The highest BCUT2D eigenvalue weighted by Gasteiger charge is 2.47. The van der Waals surface area contributed by atoms with Gasteiger partial charge in [0.2, 0.25) is 20.9 Å². The molecule has 1 N–H and O–H groups in total. The summed E-state index contributed by atoms with van der Waals surface area (Å²) in [6.07, 6.45) is 3.20. The zero-order valence-electron chi connectivity index (χ0n) is 20.1. The van der Waals surface area contributed by atoms with Gasteiger partial charge in [0.1, 0.15) is 6.67 Å². The number of anilines is 1. The Morgan fingerprint density at radius 2 is 1.89 bits per heavy atom. The summed E-state index contributed by atoms with van der Waals surface area (Å²) in [4.78, 5) is 6.53. The number of nitrogens with one attached hydrogen (secondary N) is 1. The van der Waals surface area contributed by atoms with Crippen LogP contribution in [0.15, 0.2) is 29.4 Å². The largest absolute Gasteiger partial charge is 0.380 e. The molecule has 10 nitrogen and oxygen atoms in total. The minimum Gasteiger partial charge on any atom is -0.380 e. The van der Waals surface area contributed by atoms with Crippen molar-refractivity contribution in [3.8, 4) is 5.13 Å². The number of piperidine rings is 1. The van der Waals surface area contributed by atoms with E-state index < -0.39 is 33.7 Å². The predicted octanol–water partition coefficient (Wildman–Crippen LogP) is 3.46. The lowest BCUT2D eigenvalue weighted by atomic mass is 9.77. The molecule has 3 aliphatic rings. The van der Waals surface area contributed by atoms with Crippen molar-refractivity contribution in [2.75, 3.05) is 37.9 Å². The molecule has 15 heteroatoms. The molecule has 0 atom stereocenters. The number of aromatic nitrogens is 5. The average molecular weight is 568 g/mol. The standard InChI is InChI=1S/C23H24F3N7O3S2/c24-11-23(1-2-23)30-38(34,35)14-9-15(31-6-3-22(4-7-31)12-36-13-22)17-16(10-14)33(20-27-5-8-32(17)20)21-29-28-19(37-21)18(25)26/h5,8-10,18,30H,1-4,6-7,11-13H2. The van der Waals surface area contributed by atoms with E-state index in [-0.39, 0.29) is 15.4 Å². The molecule has 3 aromatic heterocycles. The van der Waals surface area contributed by atoms with E-state index in [9.17, 15) is 21.6 Å². The van der Waals surface area contributed by atoms with Crippen molar-refractivity contribution in [2.24, 2.45) is 5.41 Å². The molecule has 0 unspecified atom stereocenters. The summed E-state index contributed by atoms with van der Waals surface area (Å²) < 4.78 is 78.7. The molecule has 1 aromatic carbocycles. The maximum absolute atomic E-state index is 13.6. The molecule has 0 radical (unpaired) electrons. The van der Waals surface area contributed by atoms with E-state index in [1.807, 2.05) is 0 Å². The first-order valence-electron chi connectivity index (χ1n) is 12.3. The topological polar surface area (TPSA) is 107 Å². The second-order valence-electron chi connectivity index (χ2n) is 10.5. The maximum Gasteiger partial charge on any atom is 0.291 e. The summed E-state index contributed by atoms with van der Waals surface area (Å²) in [6, 6.07) is 3.08. The zero-order chi connectivity index (χ0) is 26.3. The van der Waals surface area contributed by atoms with Gasteiger partial charge in [-0.05, 0) is 37.8 Å². The van der Waals surface area contributed by atoms with Crippen LogP contribution in [0.1, 0.15) is 37.1 Å². The number of sulfonamides is 1. The fourth-order valence-electron chi connectivity index (χ4n) is 5.39. The molecule has 7 rings (SSSR count). The molecule has 3 fully saturated rings. The van der Waals surface area contributed by atoms with Gasteiger partial charge in [0.15, 0.2) is 5.01 Å².